The van der Waals surface area contributed by atoms with Gasteiger partial charge in [0.1, 0.15) is 5.75 Å². The van der Waals surface area contributed by atoms with Gasteiger partial charge in [0.15, 0.2) is 5.60 Å². The average Bonchev–Trinajstić information content (AvgIpc) is 3.64. The zero-order valence-corrected chi connectivity index (χ0v) is 23.4. The number of piperidine rings is 1. The minimum atomic E-state index is -0.943. The summed E-state index contributed by atoms with van der Waals surface area (Å²) in [6.45, 7) is 4.59. The van der Waals surface area contributed by atoms with Gasteiger partial charge >= 0.3 is 0 Å². The summed E-state index contributed by atoms with van der Waals surface area (Å²) < 4.78 is 5.89. The number of fused-ring (bicyclic) bond motifs is 1. The van der Waals surface area contributed by atoms with Crippen molar-refractivity contribution in [3.63, 3.8) is 0 Å². The second-order valence-electron chi connectivity index (χ2n) is 12.4. The molecule has 1 saturated heterocycles. The molecule has 0 spiro atoms. The van der Waals surface area contributed by atoms with Crippen LogP contribution in [-0.4, -0.2) is 42.5 Å². The van der Waals surface area contributed by atoms with Crippen LogP contribution in [0.5, 0.6) is 5.75 Å². The molecular weight excluding hydrogens is 504 g/mol. The standard InChI is InChI=1S/C32H40N4O4/c1-32(2)31(39)34-26-17-25(14-15-27(26)40-32)36(24-12-13-24)30(38)23-16-22(18-33-19-23)29(37)35-28(21-10-6-7-11-21)20-8-4-3-5-9-20/h3-5,8-9,14-15,17,21-24,28,33H,6-7,10-13,16,18-19H2,1-2H3,(H,34,39)(H,35,37)/t22-,23+,28?/m0/s1. The molecule has 2 aliphatic heterocycles. The summed E-state index contributed by atoms with van der Waals surface area (Å²) in [6.07, 6.45) is 7.09. The molecule has 3 fully saturated rings. The van der Waals surface area contributed by atoms with Crippen LogP contribution < -0.4 is 25.6 Å². The van der Waals surface area contributed by atoms with E-state index in [1.54, 1.807) is 13.8 Å². The third kappa shape index (κ3) is 5.46. The number of hydrogen-bond donors (Lipinski definition) is 3. The lowest BCUT2D eigenvalue weighted by Gasteiger charge is -2.35. The van der Waals surface area contributed by atoms with Crippen LogP contribution in [0.2, 0.25) is 0 Å². The SMILES string of the molecule is CC1(C)Oc2ccc(N(C(=O)[C@H]3CNC[C@@H](C(=O)NC(c4ccccc4)C4CCCC4)C3)C3CC3)cc2NC1=O. The third-order valence-corrected chi connectivity index (χ3v) is 8.95. The third-order valence-electron chi connectivity index (χ3n) is 8.95. The van der Waals surface area contributed by atoms with Crippen molar-refractivity contribution in [2.24, 2.45) is 17.8 Å². The van der Waals surface area contributed by atoms with E-state index in [2.05, 4.69) is 28.1 Å². The van der Waals surface area contributed by atoms with Gasteiger partial charge in [-0.2, -0.15) is 0 Å². The summed E-state index contributed by atoms with van der Waals surface area (Å²) >= 11 is 0. The van der Waals surface area contributed by atoms with Crippen LogP contribution in [0.25, 0.3) is 0 Å². The van der Waals surface area contributed by atoms with E-state index in [0.29, 0.717) is 36.9 Å². The maximum absolute atomic E-state index is 14.0. The maximum atomic E-state index is 14.0. The first-order valence-electron chi connectivity index (χ1n) is 14.8. The molecule has 2 aliphatic carbocycles. The van der Waals surface area contributed by atoms with Gasteiger partial charge in [-0.25, -0.2) is 0 Å². The number of ether oxygens (including phenoxy) is 1. The first-order valence-corrected chi connectivity index (χ1v) is 14.8. The average molecular weight is 545 g/mol. The van der Waals surface area contributed by atoms with Gasteiger partial charge in [0, 0.05) is 24.8 Å². The van der Waals surface area contributed by atoms with E-state index in [1.165, 1.54) is 12.8 Å². The molecule has 4 aliphatic rings. The Labute approximate surface area is 236 Å². The maximum Gasteiger partial charge on any atom is 0.268 e. The van der Waals surface area contributed by atoms with Crippen molar-refractivity contribution in [3.8, 4) is 5.75 Å². The highest BCUT2D eigenvalue weighted by Gasteiger charge is 2.41. The Balaban J connectivity index is 1.17. The van der Waals surface area contributed by atoms with Gasteiger partial charge in [-0.15, -0.1) is 0 Å². The smallest absolute Gasteiger partial charge is 0.268 e. The number of nitrogens with one attached hydrogen (secondary N) is 3. The lowest BCUT2D eigenvalue weighted by Crippen LogP contribution is -2.50. The molecule has 3 atom stereocenters. The van der Waals surface area contributed by atoms with Crippen LogP contribution in [0, 0.1) is 17.8 Å². The van der Waals surface area contributed by atoms with Crippen molar-refractivity contribution in [1.82, 2.24) is 10.6 Å². The van der Waals surface area contributed by atoms with Crippen molar-refractivity contribution in [2.75, 3.05) is 23.3 Å². The van der Waals surface area contributed by atoms with E-state index < -0.39 is 5.60 Å². The summed E-state index contributed by atoms with van der Waals surface area (Å²) in [5.41, 5.74) is 1.55. The predicted octanol–water partition coefficient (Wildman–Crippen LogP) is 4.56. The summed E-state index contributed by atoms with van der Waals surface area (Å²) in [5.74, 6) is 0.333. The highest BCUT2D eigenvalue weighted by atomic mass is 16.5. The molecule has 2 saturated carbocycles. The van der Waals surface area contributed by atoms with Crippen LogP contribution in [-0.2, 0) is 14.4 Å². The van der Waals surface area contributed by atoms with Crippen molar-refractivity contribution in [2.45, 2.75) is 76.5 Å². The van der Waals surface area contributed by atoms with Crippen LogP contribution in [0.3, 0.4) is 0 Å². The van der Waals surface area contributed by atoms with E-state index in [-0.39, 0.29) is 41.6 Å². The summed E-state index contributed by atoms with van der Waals surface area (Å²) in [4.78, 5) is 41.9. The Bertz CT molecular complexity index is 1270. The van der Waals surface area contributed by atoms with E-state index in [4.69, 9.17) is 4.74 Å². The van der Waals surface area contributed by atoms with Crippen LogP contribution in [0.4, 0.5) is 11.4 Å². The Morgan fingerprint density at radius 3 is 2.45 bits per heavy atom. The van der Waals surface area contributed by atoms with Crippen LogP contribution in [0.15, 0.2) is 48.5 Å². The van der Waals surface area contributed by atoms with Gasteiger partial charge in [0.25, 0.3) is 5.91 Å². The zero-order chi connectivity index (χ0) is 27.9. The number of amides is 3. The normalized spacial score (nSPS) is 24.8. The lowest BCUT2D eigenvalue weighted by atomic mass is 9.87. The largest absolute Gasteiger partial charge is 0.476 e. The summed E-state index contributed by atoms with van der Waals surface area (Å²) in [7, 11) is 0. The fraction of sp³-hybridized carbons (Fsp3) is 0.531. The quantitative estimate of drug-likeness (QED) is 0.475. The Morgan fingerprint density at radius 2 is 1.73 bits per heavy atom. The topological polar surface area (TPSA) is 99.8 Å². The van der Waals surface area contributed by atoms with E-state index in [0.717, 1.165) is 36.9 Å². The molecule has 8 nitrogen and oxygen atoms in total. The van der Waals surface area contributed by atoms with Crippen LogP contribution in [0.1, 0.15) is 70.4 Å². The minimum absolute atomic E-state index is 0.00754. The van der Waals surface area contributed by atoms with Crippen molar-refractivity contribution in [1.29, 1.82) is 0 Å². The number of benzene rings is 2. The van der Waals surface area contributed by atoms with Gasteiger partial charge < -0.3 is 25.6 Å². The number of rotatable bonds is 7. The van der Waals surface area contributed by atoms with Gasteiger partial charge in [-0.3, -0.25) is 14.4 Å². The van der Waals surface area contributed by atoms with Crippen molar-refractivity contribution < 1.29 is 19.1 Å². The summed E-state index contributed by atoms with van der Waals surface area (Å²) in [5, 5.41) is 9.69. The Morgan fingerprint density at radius 1 is 1.00 bits per heavy atom. The highest BCUT2D eigenvalue weighted by molar-refractivity contribution is 6.02. The molecule has 212 valence electrons. The summed E-state index contributed by atoms with van der Waals surface area (Å²) in [6, 6.07) is 16.0. The van der Waals surface area contributed by atoms with Crippen LogP contribution >= 0.6 is 0 Å². The first kappa shape index (κ1) is 26.8. The van der Waals surface area contributed by atoms with Gasteiger partial charge in [-0.1, -0.05) is 43.2 Å². The molecule has 1 unspecified atom stereocenters. The minimum Gasteiger partial charge on any atom is -0.476 e. The predicted molar refractivity (Wildman–Crippen MR) is 154 cm³/mol. The molecule has 40 heavy (non-hydrogen) atoms. The van der Waals surface area contributed by atoms with Crippen molar-refractivity contribution in [3.05, 3.63) is 54.1 Å². The lowest BCUT2D eigenvalue weighted by molar-refractivity contribution is -0.130. The number of nitrogens with zero attached hydrogens (tertiary/aromatic N) is 1. The number of carbonyl (C=O) groups is 3. The molecular formula is C32H40N4O4. The zero-order valence-electron chi connectivity index (χ0n) is 23.4. The van der Waals surface area contributed by atoms with Gasteiger partial charge in [0.2, 0.25) is 11.8 Å². The molecule has 2 aromatic rings. The molecule has 6 rings (SSSR count). The van der Waals surface area contributed by atoms with Crippen molar-refractivity contribution >= 4 is 29.1 Å². The molecule has 0 bridgehead atoms. The molecule has 2 heterocycles. The monoisotopic (exact) mass is 544 g/mol. The highest BCUT2D eigenvalue weighted by Crippen LogP contribution is 2.41. The number of anilines is 2. The first-order chi connectivity index (χ1) is 19.3. The Hall–Kier alpha value is -3.39. The van der Waals surface area contributed by atoms with E-state index >= 15 is 0 Å². The number of hydrogen-bond acceptors (Lipinski definition) is 5. The van der Waals surface area contributed by atoms with Gasteiger partial charge in [0.05, 0.1) is 23.6 Å². The van der Waals surface area contributed by atoms with E-state index in [1.807, 2.05) is 41.3 Å². The molecule has 0 radical (unpaired) electrons. The second kappa shape index (κ2) is 10.9. The van der Waals surface area contributed by atoms with Gasteiger partial charge in [-0.05, 0) is 75.6 Å². The second-order valence-corrected chi connectivity index (χ2v) is 12.4. The fourth-order valence-corrected chi connectivity index (χ4v) is 6.52. The fourth-order valence-electron chi connectivity index (χ4n) is 6.52. The molecule has 2 aromatic carbocycles. The molecule has 8 heteroatoms. The molecule has 0 aromatic heterocycles. The molecule has 3 amide bonds. The Kier molecular flexibility index (Phi) is 7.29. The number of carbonyl (C=O) groups excluding carboxylic acids is 3. The molecule has 3 N–H and O–H groups in total. The van der Waals surface area contributed by atoms with E-state index in [9.17, 15) is 14.4 Å².